The maximum atomic E-state index is 12.9. The summed E-state index contributed by atoms with van der Waals surface area (Å²) < 4.78 is 0. The molecule has 5 heteroatoms. The van der Waals surface area contributed by atoms with Gasteiger partial charge in [0.2, 0.25) is 0 Å². The first-order chi connectivity index (χ1) is 11.2. The molecule has 1 aliphatic heterocycles. The fourth-order valence-corrected chi connectivity index (χ4v) is 2.49. The molecular formula is C18H17N3O2. The summed E-state index contributed by atoms with van der Waals surface area (Å²) in [6, 6.07) is 9.36. The summed E-state index contributed by atoms with van der Waals surface area (Å²) in [6.45, 7) is 2.27. The molecule has 0 saturated heterocycles. The SMILES string of the molecule is Cc1n[nH]cc1/C=C(\C(=O)N1CCC=CC1=O)c1ccccc1. The Morgan fingerprint density at radius 3 is 2.74 bits per heavy atom. The first-order valence-electron chi connectivity index (χ1n) is 7.46. The molecule has 0 atom stereocenters. The number of amides is 2. The molecule has 0 fully saturated rings. The van der Waals surface area contributed by atoms with E-state index in [4.69, 9.17) is 0 Å². The third kappa shape index (κ3) is 3.13. The van der Waals surface area contributed by atoms with Crippen molar-refractivity contribution in [2.24, 2.45) is 0 Å². The second kappa shape index (κ2) is 6.44. The zero-order valence-corrected chi connectivity index (χ0v) is 12.8. The molecule has 0 bridgehead atoms. The van der Waals surface area contributed by atoms with Crippen LogP contribution in [0.15, 0.2) is 48.7 Å². The third-order valence-electron chi connectivity index (χ3n) is 3.78. The van der Waals surface area contributed by atoms with E-state index in [1.807, 2.05) is 37.3 Å². The average Bonchev–Trinajstić information content (AvgIpc) is 2.98. The van der Waals surface area contributed by atoms with E-state index in [-0.39, 0.29) is 11.8 Å². The van der Waals surface area contributed by atoms with Crippen molar-refractivity contribution in [3.05, 3.63) is 65.5 Å². The molecule has 1 aromatic carbocycles. The van der Waals surface area contributed by atoms with E-state index in [1.165, 1.54) is 11.0 Å². The summed E-state index contributed by atoms with van der Waals surface area (Å²) >= 11 is 0. The Bertz CT molecular complexity index is 788. The molecule has 1 aromatic heterocycles. The molecule has 1 aliphatic rings. The first-order valence-corrected chi connectivity index (χ1v) is 7.46. The number of carbonyl (C=O) groups excluding carboxylic acids is 2. The van der Waals surface area contributed by atoms with E-state index in [0.717, 1.165) is 16.8 Å². The Morgan fingerprint density at radius 2 is 2.09 bits per heavy atom. The molecule has 0 aliphatic carbocycles. The summed E-state index contributed by atoms with van der Waals surface area (Å²) in [6.07, 6.45) is 7.45. The van der Waals surface area contributed by atoms with Crippen LogP contribution in [0.4, 0.5) is 0 Å². The van der Waals surface area contributed by atoms with Crippen molar-refractivity contribution in [2.45, 2.75) is 13.3 Å². The number of hydrogen-bond acceptors (Lipinski definition) is 3. The zero-order chi connectivity index (χ0) is 16.2. The molecule has 2 heterocycles. The second-order valence-corrected chi connectivity index (χ2v) is 5.34. The highest BCUT2D eigenvalue weighted by Gasteiger charge is 2.25. The Labute approximate surface area is 134 Å². The monoisotopic (exact) mass is 307 g/mol. The van der Waals surface area contributed by atoms with Crippen LogP contribution in [0.2, 0.25) is 0 Å². The molecule has 116 valence electrons. The highest BCUT2D eigenvalue weighted by atomic mass is 16.2. The smallest absolute Gasteiger partial charge is 0.261 e. The van der Waals surface area contributed by atoms with Crippen LogP contribution in [0.1, 0.15) is 23.2 Å². The van der Waals surface area contributed by atoms with E-state index in [1.54, 1.807) is 18.3 Å². The van der Waals surface area contributed by atoms with Gasteiger partial charge in [0.15, 0.2) is 0 Å². The van der Waals surface area contributed by atoms with E-state index >= 15 is 0 Å². The number of hydrogen-bond donors (Lipinski definition) is 1. The average molecular weight is 307 g/mol. The third-order valence-corrected chi connectivity index (χ3v) is 3.78. The Kier molecular flexibility index (Phi) is 4.19. The van der Waals surface area contributed by atoms with E-state index in [2.05, 4.69) is 10.2 Å². The van der Waals surface area contributed by atoms with E-state index < -0.39 is 0 Å². The number of carbonyl (C=O) groups is 2. The van der Waals surface area contributed by atoms with Gasteiger partial charge in [0.05, 0.1) is 5.69 Å². The molecule has 23 heavy (non-hydrogen) atoms. The van der Waals surface area contributed by atoms with Crippen LogP contribution in [0, 0.1) is 6.92 Å². The second-order valence-electron chi connectivity index (χ2n) is 5.34. The number of aromatic nitrogens is 2. The predicted octanol–water partition coefficient (Wildman–Crippen LogP) is 2.57. The molecule has 0 radical (unpaired) electrons. The molecule has 0 spiro atoms. The number of H-pyrrole nitrogens is 1. The van der Waals surface area contributed by atoms with Gasteiger partial charge in [-0.25, -0.2) is 0 Å². The van der Waals surface area contributed by atoms with Gasteiger partial charge in [-0.05, 0) is 31.1 Å². The minimum Gasteiger partial charge on any atom is -0.285 e. The van der Waals surface area contributed by atoms with Gasteiger partial charge in [-0.1, -0.05) is 36.4 Å². The van der Waals surface area contributed by atoms with Crippen molar-refractivity contribution in [3.8, 4) is 0 Å². The number of imide groups is 1. The number of rotatable bonds is 3. The fraction of sp³-hybridized carbons (Fsp3) is 0.167. The molecule has 2 amide bonds. The van der Waals surface area contributed by atoms with Crippen LogP contribution >= 0.6 is 0 Å². The van der Waals surface area contributed by atoms with Gasteiger partial charge in [0.1, 0.15) is 0 Å². The van der Waals surface area contributed by atoms with Crippen molar-refractivity contribution < 1.29 is 9.59 Å². The van der Waals surface area contributed by atoms with E-state index in [0.29, 0.717) is 18.5 Å². The summed E-state index contributed by atoms with van der Waals surface area (Å²) in [4.78, 5) is 26.2. The number of nitrogens with one attached hydrogen (secondary N) is 1. The minimum absolute atomic E-state index is 0.271. The standard InChI is InChI=1S/C18H17N3O2/c1-13-15(12-19-20-13)11-16(14-7-3-2-4-8-14)18(23)21-10-6-5-9-17(21)22/h2-5,7-9,11-12H,6,10H2,1H3,(H,19,20)/b16-11-. The van der Waals surface area contributed by atoms with Crippen molar-refractivity contribution in [3.63, 3.8) is 0 Å². The van der Waals surface area contributed by atoms with Crippen molar-refractivity contribution in [2.75, 3.05) is 6.54 Å². The van der Waals surface area contributed by atoms with Crippen molar-refractivity contribution in [1.82, 2.24) is 15.1 Å². The first kappa shape index (κ1) is 15.0. The molecule has 0 unspecified atom stereocenters. The van der Waals surface area contributed by atoms with Gasteiger partial charge < -0.3 is 0 Å². The number of aromatic amines is 1. The Hall–Kier alpha value is -2.95. The summed E-state index contributed by atoms with van der Waals surface area (Å²) in [7, 11) is 0. The van der Waals surface area contributed by atoms with Crippen LogP contribution in [0.5, 0.6) is 0 Å². The van der Waals surface area contributed by atoms with Crippen LogP contribution in [-0.4, -0.2) is 33.5 Å². The number of nitrogens with zero attached hydrogens (tertiary/aromatic N) is 2. The van der Waals surface area contributed by atoms with Crippen LogP contribution < -0.4 is 0 Å². The van der Waals surface area contributed by atoms with Gasteiger partial charge in [0, 0.05) is 23.9 Å². The lowest BCUT2D eigenvalue weighted by Gasteiger charge is -2.23. The predicted molar refractivity (Wildman–Crippen MR) is 88.1 cm³/mol. The summed E-state index contributed by atoms with van der Waals surface area (Å²) in [5.74, 6) is -0.557. The lowest BCUT2D eigenvalue weighted by Crippen LogP contribution is -2.38. The lowest BCUT2D eigenvalue weighted by molar-refractivity contribution is -0.138. The molecule has 1 N–H and O–H groups in total. The van der Waals surface area contributed by atoms with Crippen molar-refractivity contribution >= 4 is 23.5 Å². The maximum Gasteiger partial charge on any atom is 0.261 e. The normalized spacial score (nSPS) is 15.1. The van der Waals surface area contributed by atoms with Crippen molar-refractivity contribution in [1.29, 1.82) is 0 Å². The number of aryl methyl sites for hydroxylation is 1. The van der Waals surface area contributed by atoms with Crippen LogP contribution in [0.25, 0.3) is 11.6 Å². The zero-order valence-electron chi connectivity index (χ0n) is 12.8. The topological polar surface area (TPSA) is 66.1 Å². The highest BCUT2D eigenvalue weighted by molar-refractivity contribution is 6.28. The fourth-order valence-electron chi connectivity index (χ4n) is 2.49. The van der Waals surface area contributed by atoms with Gasteiger partial charge in [-0.3, -0.25) is 19.6 Å². The van der Waals surface area contributed by atoms with E-state index in [9.17, 15) is 9.59 Å². The van der Waals surface area contributed by atoms with Gasteiger partial charge in [-0.2, -0.15) is 5.10 Å². The van der Waals surface area contributed by atoms with Gasteiger partial charge >= 0.3 is 0 Å². The Morgan fingerprint density at radius 1 is 1.30 bits per heavy atom. The van der Waals surface area contributed by atoms with Crippen LogP contribution in [0.3, 0.4) is 0 Å². The van der Waals surface area contributed by atoms with Gasteiger partial charge in [-0.15, -0.1) is 0 Å². The molecule has 0 saturated carbocycles. The number of benzene rings is 1. The summed E-state index contributed by atoms with van der Waals surface area (Å²) in [5.41, 5.74) is 2.90. The van der Waals surface area contributed by atoms with Crippen LogP contribution in [-0.2, 0) is 9.59 Å². The quantitative estimate of drug-likeness (QED) is 0.886. The molecular weight excluding hydrogens is 290 g/mol. The molecule has 3 rings (SSSR count). The summed E-state index contributed by atoms with van der Waals surface area (Å²) in [5, 5.41) is 6.86. The maximum absolute atomic E-state index is 12.9. The molecule has 2 aromatic rings. The minimum atomic E-state index is -0.286. The van der Waals surface area contributed by atoms with Gasteiger partial charge in [0.25, 0.3) is 11.8 Å². The largest absolute Gasteiger partial charge is 0.285 e. The lowest BCUT2D eigenvalue weighted by atomic mass is 10.0. The Balaban J connectivity index is 2.04. The highest BCUT2D eigenvalue weighted by Crippen LogP contribution is 2.23. The molecule has 5 nitrogen and oxygen atoms in total.